The van der Waals surface area contributed by atoms with E-state index in [1.165, 1.54) is 11.1 Å². The first-order chi connectivity index (χ1) is 6.38. The maximum Gasteiger partial charge on any atom is 0.231 e. The molecule has 0 radical (unpaired) electrons. The Hall–Kier alpha value is -1.22. The second kappa shape index (κ2) is 2.39. The zero-order valence-corrected chi connectivity index (χ0v) is 7.25. The van der Waals surface area contributed by atoms with Crippen LogP contribution in [-0.4, -0.2) is 13.3 Å². The summed E-state index contributed by atoms with van der Waals surface area (Å²) in [5, 5.41) is 0. The molecule has 0 bridgehead atoms. The summed E-state index contributed by atoms with van der Waals surface area (Å²) in [6, 6.07) is 4.14. The van der Waals surface area contributed by atoms with Crippen LogP contribution in [0.1, 0.15) is 17.0 Å². The molecule has 1 aliphatic heterocycles. The monoisotopic (exact) mass is 177 g/mol. The summed E-state index contributed by atoms with van der Waals surface area (Å²) in [6.45, 7) is 1.08. The highest BCUT2D eigenvalue weighted by Gasteiger charge is 2.28. The third kappa shape index (κ3) is 0.877. The average Bonchev–Trinajstić information content (AvgIpc) is 2.55. The lowest BCUT2D eigenvalue weighted by Gasteiger charge is -2.29. The number of rotatable bonds is 1. The van der Waals surface area contributed by atoms with Crippen molar-refractivity contribution in [3.8, 4) is 11.5 Å². The molecule has 13 heavy (non-hydrogen) atoms. The van der Waals surface area contributed by atoms with Gasteiger partial charge in [-0.3, -0.25) is 0 Å². The molecular formula is C10H11NO2. The largest absolute Gasteiger partial charge is 0.454 e. The maximum absolute atomic E-state index is 5.62. The van der Waals surface area contributed by atoms with Gasteiger partial charge in [0.15, 0.2) is 11.5 Å². The number of ether oxygens (including phenoxy) is 2. The summed E-state index contributed by atoms with van der Waals surface area (Å²) in [4.78, 5) is 0. The van der Waals surface area contributed by atoms with Crippen molar-refractivity contribution in [3.63, 3.8) is 0 Å². The third-order valence-corrected chi connectivity index (χ3v) is 2.83. The fraction of sp³-hybridized carbons (Fsp3) is 0.400. The highest BCUT2D eigenvalue weighted by Crippen LogP contribution is 2.43. The molecule has 0 aromatic heterocycles. The van der Waals surface area contributed by atoms with E-state index in [4.69, 9.17) is 15.2 Å². The Kier molecular flexibility index (Phi) is 1.32. The Labute approximate surface area is 76.4 Å². The van der Waals surface area contributed by atoms with Crippen molar-refractivity contribution < 1.29 is 9.47 Å². The summed E-state index contributed by atoms with van der Waals surface area (Å²) in [5.74, 6) is 2.29. The number of hydrogen-bond acceptors (Lipinski definition) is 3. The minimum Gasteiger partial charge on any atom is -0.454 e. The topological polar surface area (TPSA) is 44.5 Å². The minimum atomic E-state index is 0.353. The Morgan fingerprint density at radius 1 is 1.31 bits per heavy atom. The van der Waals surface area contributed by atoms with Crippen LogP contribution in [0.3, 0.4) is 0 Å². The standard InChI is InChI=1S/C10H11NO2/c11-4-7-1-6-2-9-10(3-8(6)7)13-5-12-9/h2-3,7H,1,4-5,11H2. The van der Waals surface area contributed by atoms with Crippen LogP contribution in [0, 0.1) is 0 Å². The molecule has 1 aliphatic carbocycles. The molecule has 0 amide bonds. The lowest BCUT2D eigenvalue weighted by Crippen LogP contribution is -2.24. The van der Waals surface area contributed by atoms with E-state index in [2.05, 4.69) is 12.1 Å². The van der Waals surface area contributed by atoms with Gasteiger partial charge in [-0.25, -0.2) is 0 Å². The third-order valence-electron chi connectivity index (χ3n) is 2.83. The van der Waals surface area contributed by atoms with Gasteiger partial charge in [0.2, 0.25) is 6.79 Å². The smallest absolute Gasteiger partial charge is 0.231 e. The normalized spacial score (nSPS) is 22.4. The van der Waals surface area contributed by atoms with E-state index in [9.17, 15) is 0 Å². The summed E-state index contributed by atoms with van der Waals surface area (Å²) in [5.41, 5.74) is 8.32. The second-order valence-corrected chi connectivity index (χ2v) is 3.54. The van der Waals surface area contributed by atoms with Crippen LogP contribution in [0.2, 0.25) is 0 Å². The van der Waals surface area contributed by atoms with E-state index in [1.807, 2.05) is 0 Å². The van der Waals surface area contributed by atoms with Gasteiger partial charge in [0.05, 0.1) is 0 Å². The molecule has 1 aromatic carbocycles. The van der Waals surface area contributed by atoms with Gasteiger partial charge in [-0.1, -0.05) is 0 Å². The van der Waals surface area contributed by atoms with Gasteiger partial charge in [0.25, 0.3) is 0 Å². The molecule has 0 saturated carbocycles. The highest BCUT2D eigenvalue weighted by molar-refractivity contribution is 5.54. The summed E-state index contributed by atoms with van der Waals surface area (Å²) in [6.07, 6.45) is 1.09. The molecule has 3 nitrogen and oxygen atoms in total. The van der Waals surface area contributed by atoms with Crippen LogP contribution in [0.4, 0.5) is 0 Å². The van der Waals surface area contributed by atoms with Crippen molar-refractivity contribution in [1.29, 1.82) is 0 Å². The predicted octanol–water partition coefficient (Wildman–Crippen LogP) is 1.01. The highest BCUT2D eigenvalue weighted by atomic mass is 16.7. The molecule has 1 aromatic rings. The van der Waals surface area contributed by atoms with Gasteiger partial charge in [-0.05, 0) is 36.2 Å². The summed E-state index contributed by atoms with van der Waals surface area (Å²) < 4.78 is 10.6. The molecule has 3 heteroatoms. The minimum absolute atomic E-state index is 0.353. The quantitative estimate of drug-likeness (QED) is 0.696. The van der Waals surface area contributed by atoms with Crippen molar-refractivity contribution in [2.24, 2.45) is 5.73 Å². The Morgan fingerprint density at radius 3 is 2.85 bits per heavy atom. The van der Waals surface area contributed by atoms with E-state index in [0.29, 0.717) is 12.7 Å². The number of fused-ring (bicyclic) bond motifs is 2. The second-order valence-electron chi connectivity index (χ2n) is 3.54. The maximum atomic E-state index is 5.62. The molecule has 2 N–H and O–H groups in total. The van der Waals surface area contributed by atoms with Crippen molar-refractivity contribution in [1.82, 2.24) is 0 Å². The molecule has 1 unspecified atom stereocenters. The van der Waals surface area contributed by atoms with Gasteiger partial charge in [-0.15, -0.1) is 0 Å². The Morgan fingerprint density at radius 2 is 2.08 bits per heavy atom. The predicted molar refractivity (Wildman–Crippen MR) is 48.1 cm³/mol. The van der Waals surface area contributed by atoms with Gasteiger partial charge in [-0.2, -0.15) is 0 Å². The van der Waals surface area contributed by atoms with Crippen molar-refractivity contribution in [2.75, 3.05) is 13.3 Å². The number of hydrogen-bond donors (Lipinski definition) is 1. The van der Waals surface area contributed by atoms with Crippen LogP contribution in [-0.2, 0) is 6.42 Å². The molecular weight excluding hydrogens is 166 g/mol. The molecule has 1 heterocycles. The Bertz CT molecular complexity index is 362. The van der Waals surface area contributed by atoms with E-state index in [1.54, 1.807) is 0 Å². The van der Waals surface area contributed by atoms with Crippen LogP contribution in [0.5, 0.6) is 11.5 Å². The van der Waals surface area contributed by atoms with Gasteiger partial charge in [0, 0.05) is 5.92 Å². The lowest BCUT2D eigenvalue weighted by molar-refractivity contribution is 0.174. The molecule has 0 fully saturated rings. The van der Waals surface area contributed by atoms with E-state index in [0.717, 1.165) is 24.5 Å². The first kappa shape index (κ1) is 7.21. The van der Waals surface area contributed by atoms with E-state index >= 15 is 0 Å². The van der Waals surface area contributed by atoms with Crippen LogP contribution < -0.4 is 15.2 Å². The van der Waals surface area contributed by atoms with Crippen molar-refractivity contribution in [3.05, 3.63) is 23.3 Å². The van der Waals surface area contributed by atoms with Crippen molar-refractivity contribution in [2.45, 2.75) is 12.3 Å². The van der Waals surface area contributed by atoms with Crippen molar-refractivity contribution >= 4 is 0 Å². The van der Waals surface area contributed by atoms with E-state index < -0.39 is 0 Å². The number of nitrogens with two attached hydrogens (primary N) is 1. The Balaban J connectivity index is 2.06. The van der Waals surface area contributed by atoms with Crippen LogP contribution in [0.25, 0.3) is 0 Å². The molecule has 3 rings (SSSR count). The molecule has 2 aliphatic rings. The SMILES string of the molecule is NCC1Cc2cc3c(cc21)OCO3. The van der Waals surface area contributed by atoms with Crippen LogP contribution in [0.15, 0.2) is 12.1 Å². The fourth-order valence-corrected chi connectivity index (χ4v) is 2.01. The molecule has 1 atom stereocenters. The van der Waals surface area contributed by atoms with Gasteiger partial charge < -0.3 is 15.2 Å². The lowest BCUT2D eigenvalue weighted by atomic mass is 9.77. The van der Waals surface area contributed by atoms with E-state index in [-0.39, 0.29) is 0 Å². The zero-order valence-electron chi connectivity index (χ0n) is 7.25. The molecule has 68 valence electrons. The van der Waals surface area contributed by atoms with Gasteiger partial charge in [0.1, 0.15) is 0 Å². The zero-order chi connectivity index (χ0) is 8.84. The summed E-state index contributed by atoms with van der Waals surface area (Å²) in [7, 11) is 0. The summed E-state index contributed by atoms with van der Waals surface area (Å²) >= 11 is 0. The van der Waals surface area contributed by atoms with Crippen LogP contribution >= 0.6 is 0 Å². The number of benzene rings is 1. The first-order valence-electron chi connectivity index (χ1n) is 4.51. The average molecular weight is 177 g/mol. The fourth-order valence-electron chi connectivity index (χ4n) is 2.01. The van der Waals surface area contributed by atoms with Gasteiger partial charge >= 0.3 is 0 Å². The molecule has 0 spiro atoms. The first-order valence-corrected chi connectivity index (χ1v) is 4.51. The molecule has 0 saturated heterocycles.